The number of benzene rings is 1. The van der Waals surface area contributed by atoms with Gasteiger partial charge in [0.1, 0.15) is 5.00 Å². The van der Waals surface area contributed by atoms with E-state index < -0.39 is 0 Å². The minimum atomic E-state index is -0.340. The van der Waals surface area contributed by atoms with E-state index in [1.165, 1.54) is 12.0 Å². The average Bonchev–Trinajstić information content (AvgIpc) is 3.15. The molecule has 0 unspecified atom stereocenters. The van der Waals surface area contributed by atoms with Gasteiger partial charge >= 0.3 is 5.97 Å². The molecule has 2 N–H and O–H groups in total. The normalized spacial score (nSPS) is 17.9. The van der Waals surface area contributed by atoms with Crippen molar-refractivity contribution < 1.29 is 19.1 Å². The molecule has 1 amide bonds. The maximum Gasteiger partial charge on any atom is 0.341 e. The summed E-state index contributed by atoms with van der Waals surface area (Å²) in [6.07, 6.45) is 2.90. The van der Waals surface area contributed by atoms with Crippen LogP contribution in [0.1, 0.15) is 44.5 Å². The smallest absolute Gasteiger partial charge is 0.341 e. The second-order valence-corrected chi connectivity index (χ2v) is 9.62. The maximum atomic E-state index is 12.6. The third kappa shape index (κ3) is 4.95. The lowest BCUT2D eigenvalue weighted by atomic mass is 9.88. The number of hydrogen-bond acceptors (Lipinski definition) is 6. The summed E-state index contributed by atoms with van der Waals surface area (Å²) in [7, 11) is 1.40. The number of hydrogen-bond donors (Lipinski definition) is 2. The number of anilines is 2. The molecule has 0 bridgehead atoms. The highest BCUT2D eigenvalue weighted by molar-refractivity contribution is 7.80. The van der Waals surface area contributed by atoms with E-state index in [-0.39, 0.29) is 11.9 Å². The fourth-order valence-electron chi connectivity index (χ4n) is 4.07. The van der Waals surface area contributed by atoms with E-state index >= 15 is 0 Å². The molecule has 1 fully saturated rings. The number of esters is 1. The molecule has 1 aromatic carbocycles. The average molecular weight is 474 g/mol. The summed E-state index contributed by atoms with van der Waals surface area (Å²) in [6, 6.07) is 7.22. The van der Waals surface area contributed by atoms with Gasteiger partial charge in [0.25, 0.3) is 5.91 Å². The maximum absolute atomic E-state index is 12.6. The standard InChI is InChI=1S/C23H27N3O4S2/c1-14-3-8-17-18(13-14)32-20(19(17)22(28)29-2)25-23(31)24-16-6-4-15(5-7-16)21(27)26-9-11-30-12-10-26/h4-7,14H,3,8-13H2,1-2H3,(H2,24,25,31)/t14-/m0/s1. The molecule has 0 radical (unpaired) electrons. The first-order chi connectivity index (χ1) is 15.5. The van der Waals surface area contributed by atoms with Crippen LogP contribution < -0.4 is 10.6 Å². The van der Waals surface area contributed by atoms with E-state index in [1.807, 2.05) is 12.1 Å². The van der Waals surface area contributed by atoms with Gasteiger partial charge in [-0.1, -0.05) is 6.92 Å². The molecule has 7 nitrogen and oxygen atoms in total. The van der Waals surface area contributed by atoms with Crippen LogP contribution in [-0.4, -0.2) is 55.3 Å². The van der Waals surface area contributed by atoms with Crippen LogP contribution >= 0.6 is 23.6 Å². The Bertz CT molecular complexity index is 1010. The lowest BCUT2D eigenvalue weighted by Crippen LogP contribution is -2.40. The molecule has 9 heteroatoms. The summed E-state index contributed by atoms with van der Waals surface area (Å²) in [5.74, 6) is 0.262. The van der Waals surface area contributed by atoms with Gasteiger partial charge in [-0.25, -0.2) is 4.79 Å². The van der Waals surface area contributed by atoms with Crippen molar-refractivity contribution in [3.63, 3.8) is 0 Å². The Balaban J connectivity index is 1.44. The predicted molar refractivity (Wildman–Crippen MR) is 130 cm³/mol. The molecule has 1 aliphatic carbocycles. The van der Waals surface area contributed by atoms with Crippen LogP contribution in [0.15, 0.2) is 24.3 Å². The Morgan fingerprint density at radius 1 is 1.19 bits per heavy atom. The number of carbonyl (C=O) groups is 2. The fourth-order valence-corrected chi connectivity index (χ4v) is 5.76. The molecule has 2 aliphatic rings. The van der Waals surface area contributed by atoms with Crippen LogP contribution in [0.25, 0.3) is 0 Å². The number of methoxy groups -OCH3 is 1. The number of thiocarbonyl (C=S) groups is 1. The van der Waals surface area contributed by atoms with Crippen LogP contribution in [0.5, 0.6) is 0 Å². The highest BCUT2D eigenvalue weighted by atomic mass is 32.1. The van der Waals surface area contributed by atoms with E-state index in [4.69, 9.17) is 21.7 Å². The van der Waals surface area contributed by atoms with E-state index in [1.54, 1.807) is 28.4 Å². The Morgan fingerprint density at radius 3 is 2.59 bits per heavy atom. The molecule has 32 heavy (non-hydrogen) atoms. The van der Waals surface area contributed by atoms with Gasteiger partial charge in [0.05, 0.1) is 25.9 Å². The van der Waals surface area contributed by atoms with Crippen molar-refractivity contribution >= 4 is 51.2 Å². The molecule has 1 aromatic heterocycles. The number of ether oxygens (including phenoxy) is 2. The number of morpholine rings is 1. The van der Waals surface area contributed by atoms with Crippen LogP contribution in [0, 0.1) is 5.92 Å². The lowest BCUT2D eigenvalue weighted by Gasteiger charge is -2.26. The Labute approximate surface area is 197 Å². The predicted octanol–water partition coefficient (Wildman–Crippen LogP) is 3.94. The van der Waals surface area contributed by atoms with Gasteiger partial charge in [-0.05, 0) is 67.2 Å². The van der Waals surface area contributed by atoms with Gasteiger partial charge in [-0.15, -0.1) is 11.3 Å². The highest BCUT2D eigenvalue weighted by Gasteiger charge is 2.28. The quantitative estimate of drug-likeness (QED) is 0.514. The summed E-state index contributed by atoms with van der Waals surface area (Å²) in [5, 5.41) is 7.42. The van der Waals surface area contributed by atoms with Crippen molar-refractivity contribution in [3.8, 4) is 0 Å². The largest absolute Gasteiger partial charge is 0.465 e. The first-order valence-electron chi connectivity index (χ1n) is 10.7. The van der Waals surface area contributed by atoms with Crippen LogP contribution in [0.3, 0.4) is 0 Å². The second-order valence-electron chi connectivity index (χ2n) is 8.11. The first-order valence-corrected chi connectivity index (χ1v) is 12.0. The monoisotopic (exact) mass is 473 g/mol. The summed E-state index contributed by atoms with van der Waals surface area (Å²) in [5.41, 5.74) is 3.06. The van der Waals surface area contributed by atoms with Crippen molar-refractivity contribution in [3.05, 3.63) is 45.8 Å². The van der Waals surface area contributed by atoms with Crippen molar-refractivity contribution in [2.45, 2.75) is 26.2 Å². The topological polar surface area (TPSA) is 79.9 Å². The van der Waals surface area contributed by atoms with Gasteiger partial charge in [0.15, 0.2) is 5.11 Å². The molecular formula is C23H27N3O4S2. The van der Waals surface area contributed by atoms with Gasteiger partial charge in [-0.2, -0.15) is 0 Å². The number of rotatable bonds is 4. The summed E-state index contributed by atoms with van der Waals surface area (Å²) in [4.78, 5) is 28.1. The van der Waals surface area contributed by atoms with Gasteiger partial charge in [0, 0.05) is 29.2 Å². The molecule has 4 rings (SSSR count). The van der Waals surface area contributed by atoms with Crippen molar-refractivity contribution in [1.29, 1.82) is 0 Å². The molecule has 170 valence electrons. The molecule has 0 spiro atoms. The minimum absolute atomic E-state index is 0.00154. The van der Waals surface area contributed by atoms with Gasteiger partial charge in [0.2, 0.25) is 0 Å². The van der Waals surface area contributed by atoms with E-state index in [0.29, 0.717) is 53.5 Å². The Morgan fingerprint density at radius 2 is 1.91 bits per heavy atom. The molecule has 0 saturated carbocycles. The number of fused-ring (bicyclic) bond motifs is 1. The van der Waals surface area contributed by atoms with Crippen LogP contribution in [0.4, 0.5) is 10.7 Å². The zero-order valence-corrected chi connectivity index (χ0v) is 19.9. The van der Waals surface area contributed by atoms with E-state index in [2.05, 4.69) is 17.6 Å². The zero-order valence-electron chi connectivity index (χ0n) is 18.2. The minimum Gasteiger partial charge on any atom is -0.465 e. The van der Waals surface area contributed by atoms with Crippen LogP contribution in [-0.2, 0) is 22.3 Å². The molecule has 1 atom stereocenters. The first kappa shape index (κ1) is 22.7. The fraction of sp³-hybridized carbons (Fsp3) is 0.435. The zero-order chi connectivity index (χ0) is 22.7. The molecule has 1 saturated heterocycles. The van der Waals surface area contributed by atoms with Crippen molar-refractivity contribution in [2.24, 2.45) is 5.92 Å². The number of thiophene rings is 1. The highest BCUT2D eigenvalue weighted by Crippen LogP contribution is 2.40. The number of nitrogens with one attached hydrogen (secondary N) is 2. The number of nitrogens with zero attached hydrogens (tertiary/aromatic N) is 1. The molecule has 2 aromatic rings. The van der Waals surface area contributed by atoms with E-state index in [0.717, 1.165) is 30.5 Å². The Hall–Kier alpha value is -2.49. The lowest BCUT2D eigenvalue weighted by molar-refractivity contribution is 0.0303. The summed E-state index contributed by atoms with van der Waals surface area (Å²) >= 11 is 7.07. The summed E-state index contributed by atoms with van der Waals surface area (Å²) in [6.45, 7) is 4.60. The second kappa shape index (κ2) is 9.97. The van der Waals surface area contributed by atoms with Crippen molar-refractivity contribution in [2.75, 3.05) is 44.0 Å². The SMILES string of the molecule is COC(=O)c1c(NC(=S)Nc2ccc(C(=O)N3CCOCC3)cc2)sc2c1CC[C@H](C)C2. The van der Waals surface area contributed by atoms with Crippen molar-refractivity contribution in [1.82, 2.24) is 4.90 Å². The Kier molecular flexibility index (Phi) is 7.07. The molecule has 2 heterocycles. The third-order valence-corrected chi connectivity index (χ3v) is 7.19. The third-order valence-electron chi connectivity index (χ3n) is 5.82. The van der Waals surface area contributed by atoms with Crippen LogP contribution in [0.2, 0.25) is 0 Å². The van der Waals surface area contributed by atoms with Gasteiger partial charge < -0.3 is 25.0 Å². The number of amides is 1. The molecule has 1 aliphatic heterocycles. The van der Waals surface area contributed by atoms with Gasteiger partial charge in [-0.3, -0.25) is 4.79 Å². The molecular weight excluding hydrogens is 446 g/mol. The summed E-state index contributed by atoms with van der Waals surface area (Å²) < 4.78 is 10.3. The number of carbonyl (C=O) groups excluding carboxylic acids is 2. The van der Waals surface area contributed by atoms with E-state index in [9.17, 15) is 9.59 Å².